The van der Waals surface area contributed by atoms with Crippen molar-refractivity contribution in [1.29, 1.82) is 5.26 Å². The molecular weight excluding hydrogens is 338 g/mol. The molecule has 1 aliphatic heterocycles. The Hall–Kier alpha value is -2.03. The second kappa shape index (κ2) is 6.61. The van der Waals surface area contributed by atoms with Crippen molar-refractivity contribution >= 4 is 34.6 Å². The molecule has 0 atom stereocenters. The van der Waals surface area contributed by atoms with E-state index in [1.807, 2.05) is 6.07 Å². The standard InChI is InChI=1S/C16H13Cl2FN4/c17-13-7-11(19)1-2-15(13)22-3-5-23(6-4-22)16-8-12(9-20)21-10-14(16)18/h1-2,7-8,10H,3-6H2. The largest absolute Gasteiger partial charge is 0.367 e. The quantitative estimate of drug-likeness (QED) is 0.827. The van der Waals surface area contributed by atoms with Crippen molar-refractivity contribution in [2.75, 3.05) is 36.0 Å². The number of nitriles is 1. The lowest BCUT2D eigenvalue weighted by atomic mass is 10.2. The molecule has 0 unspecified atom stereocenters. The molecule has 7 heteroatoms. The predicted molar refractivity (Wildman–Crippen MR) is 89.8 cm³/mol. The summed E-state index contributed by atoms with van der Waals surface area (Å²) < 4.78 is 13.2. The molecule has 1 aromatic carbocycles. The Balaban J connectivity index is 1.75. The van der Waals surface area contributed by atoms with Gasteiger partial charge >= 0.3 is 0 Å². The van der Waals surface area contributed by atoms with Crippen LogP contribution < -0.4 is 9.80 Å². The first-order valence-electron chi connectivity index (χ1n) is 7.09. The number of pyridine rings is 1. The summed E-state index contributed by atoms with van der Waals surface area (Å²) in [7, 11) is 0. The van der Waals surface area contributed by atoms with Crippen LogP contribution in [0.1, 0.15) is 5.69 Å². The number of benzene rings is 1. The highest BCUT2D eigenvalue weighted by Crippen LogP contribution is 2.30. The molecule has 23 heavy (non-hydrogen) atoms. The summed E-state index contributed by atoms with van der Waals surface area (Å²) in [4.78, 5) is 8.17. The Morgan fingerprint density at radius 3 is 2.26 bits per heavy atom. The Labute approximate surface area is 143 Å². The summed E-state index contributed by atoms with van der Waals surface area (Å²) in [5.74, 6) is -0.343. The average Bonchev–Trinajstić information content (AvgIpc) is 2.56. The van der Waals surface area contributed by atoms with Gasteiger partial charge in [0.15, 0.2) is 0 Å². The molecule has 1 fully saturated rings. The third-order valence-electron chi connectivity index (χ3n) is 3.82. The predicted octanol–water partition coefficient (Wildman–Crippen LogP) is 3.73. The van der Waals surface area contributed by atoms with E-state index in [0.29, 0.717) is 15.7 Å². The van der Waals surface area contributed by atoms with Crippen LogP contribution in [-0.2, 0) is 0 Å². The number of anilines is 2. The molecule has 0 bridgehead atoms. The van der Waals surface area contributed by atoms with Gasteiger partial charge in [-0.2, -0.15) is 5.26 Å². The van der Waals surface area contributed by atoms with Crippen LogP contribution in [-0.4, -0.2) is 31.2 Å². The summed E-state index contributed by atoms with van der Waals surface area (Å²) >= 11 is 12.3. The molecular formula is C16H13Cl2FN4. The van der Waals surface area contributed by atoms with E-state index in [9.17, 15) is 4.39 Å². The Morgan fingerprint density at radius 1 is 1.00 bits per heavy atom. The zero-order valence-corrected chi connectivity index (χ0v) is 13.6. The molecule has 1 aliphatic rings. The minimum atomic E-state index is -0.343. The van der Waals surface area contributed by atoms with Crippen molar-refractivity contribution in [1.82, 2.24) is 4.98 Å². The number of hydrogen-bond donors (Lipinski definition) is 0. The van der Waals surface area contributed by atoms with Crippen LogP contribution in [0.2, 0.25) is 10.0 Å². The van der Waals surface area contributed by atoms with Gasteiger partial charge in [-0.15, -0.1) is 0 Å². The number of halogens is 3. The summed E-state index contributed by atoms with van der Waals surface area (Å²) in [5, 5.41) is 9.90. The fourth-order valence-electron chi connectivity index (χ4n) is 2.66. The number of aromatic nitrogens is 1. The third kappa shape index (κ3) is 3.34. The molecule has 0 aliphatic carbocycles. The van der Waals surface area contributed by atoms with E-state index in [4.69, 9.17) is 28.5 Å². The topological polar surface area (TPSA) is 43.2 Å². The van der Waals surface area contributed by atoms with Gasteiger partial charge in [-0.25, -0.2) is 9.37 Å². The van der Waals surface area contributed by atoms with Crippen LogP contribution in [0.25, 0.3) is 0 Å². The van der Waals surface area contributed by atoms with E-state index in [-0.39, 0.29) is 5.82 Å². The molecule has 118 valence electrons. The molecule has 2 aromatic rings. The average molecular weight is 351 g/mol. The summed E-state index contributed by atoms with van der Waals surface area (Å²) in [6.45, 7) is 2.91. The summed E-state index contributed by atoms with van der Waals surface area (Å²) in [6.07, 6.45) is 1.50. The fourth-order valence-corrected chi connectivity index (χ4v) is 3.17. The molecule has 2 heterocycles. The van der Waals surface area contributed by atoms with E-state index in [2.05, 4.69) is 14.8 Å². The van der Waals surface area contributed by atoms with Crippen molar-refractivity contribution in [3.8, 4) is 6.07 Å². The maximum absolute atomic E-state index is 13.2. The Bertz CT molecular complexity index is 767. The van der Waals surface area contributed by atoms with E-state index in [1.165, 1.54) is 18.3 Å². The minimum absolute atomic E-state index is 0.341. The van der Waals surface area contributed by atoms with Gasteiger partial charge in [0.1, 0.15) is 17.6 Å². The molecule has 0 amide bonds. The molecule has 0 N–H and O–H groups in total. The highest BCUT2D eigenvalue weighted by molar-refractivity contribution is 6.33. The molecule has 3 rings (SSSR count). The third-order valence-corrected chi connectivity index (χ3v) is 4.41. The van der Waals surface area contributed by atoms with Crippen molar-refractivity contribution in [3.05, 3.63) is 52.0 Å². The Kier molecular flexibility index (Phi) is 4.56. The summed E-state index contributed by atoms with van der Waals surface area (Å²) in [6, 6.07) is 8.14. The van der Waals surface area contributed by atoms with Crippen molar-refractivity contribution in [2.45, 2.75) is 0 Å². The number of nitrogens with zero attached hydrogens (tertiary/aromatic N) is 4. The van der Waals surface area contributed by atoms with Crippen LogP contribution in [0, 0.1) is 17.1 Å². The van der Waals surface area contributed by atoms with Crippen LogP contribution in [0.4, 0.5) is 15.8 Å². The minimum Gasteiger partial charge on any atom is -0.367 e. The summed E-state index contributed by atoms with van der Waals surface area (Å²) in [5.41, 5.74) is 1.97. The smallest absolute Gasteiger partial charge is 0.142 e. The first kappa shape index (κ1) is 15.9. The lowest BCUT2D eigenvalue weighted by molar-refractivity contribution is 0.625. The van der Waals surface area contributed by atoms with Gasteiger partial charge in [-0.3, -0.25) is 0 Å². The molecule has 4 nitrogen and oxygen atoms in total. The van der Waals surface area contributed by atoms with Crippen LogP contribution >= 0.6 is 23.2 Å². The maximum Gasteiger partial charge on any atom is 0.142 e. The van der Waals surface area contributed by atoms with E-state index >= 15 is 0 Å². The van der Waals surface area contributed by atoms with Gasteiger partial charge in [-0.05, 0) is 24.3 Å². The Morgan fingerprint density at radius 2 is 1.65 bits per heavy atom. The van der Waals surface area contributed by atoms with E-state index in [1.54, 1.807) is 12.1 Å². The SMILES string of the molecule is N#Cc1cc(N2CCN(c3ccc(F)cc3Cl)CC2)c(Cl)cn1. The monoisotopic (exact) mass is 350 g/mol. The van der Waals surface area contributed by atoms with Gasteiger partial charge < -0.3 is 9.80 Å². The lowest BCUT2D eigenvalue weighted by Crippen LogP contribution is -2.46. The van der Waals surface area contributed by atoms with Gasteiger partial charge in [0.2, 0.25) is 0 Å². The van der Waals surface area contributed by atoms with E-state index < -0.39 is 0 Å². The van der Waals surface area contributed by atoms with Gasteiger partial charge in [0, 0.05) is 32.4 Å². The van der Waals surface area contributed by atoms with Gasteiger partial charge in [0.05, 0.1) is 21.4 Å². The zero-order chi connectivity index (χ0) is 16.4. The molecule has 0 saturated carbocycles. The number of rotatable bonds is 2. The number of hydrogen-bond acceptors (Lipinski definition) is 4. The second-order valence-electron chi connectivity index (χ2n) is 5.20. The van der Waals surface area contributed by atoms with Crippen LogP contribution in [0.5, 0.6) is 0 Å². The first-order valence-corrected chi connectivity index (χ1v) is 7.84. The maximum atomic E-state index is 13.2. The molecule has 1 saturated heterocycles. The van der Waals surface area contributed by atoms with Crippen molar-refractivity contribution in [2.24, 2.45) is 0 Å². The van der Waals surface area contributed by atoms with Crippen LogP contribution in [0.3, 0.4) is 0 Å². The molecule has 0 spiro atoms. The van der Waals surface area contributed by atoms with E-state index in [0.717, 1.165) is 37.6 Å². The lowest BCUT2D eigenvalue weighted by Gasteiger charge is -2.38. The van der Waals surface area contributed by atoms with Crippen molar-refractivity contribution in [3.63, 3.8) is 0 Å². The van der Waals surface area contributed by atoms with Gasteiger partial charge in [0.25, 0.3) is 0 Å². The number of piperazine rings is 1. The normalized spacial score (nSPS) is 14.7. The van der Waals surface area contributed by atoms with Gasteiger partial charge in [-0.1, -0.05) is 23.2 Å². The molecule has 0 radical (unpaired) electrons. The highest BCUT2D eigenvalue weighted by atomic mass is 35.5. The van der Waals surface area contributed by atoms with Crippen molar-refractivity contribution < 1.29 is 4.39 Å². The fraction of sp³-hybridized carbons (Fsp3) is 0.250. The highest BCUT2D eigenvalue weighted by Gasteiger charge is 2.21. The van der Waals surface area contributed by atoms with Crippen LogP contribution in [0.15, 0.2) is 30.5 Å². The zero-order valence-electron chi connectivity index (χ0n) is 12.1. The molecule has 1 aromatic heterocycles. The first-order chi connectivity index (χ1) is 11.1. The second-order valence-corrected chi connectivity index (χ2v) is 6.02.